The number of methoxy groups -OCH3 is 1. The molecule has 3 aromatic rings. The Morgan fingerprint density at radius 3 is 2.84 bits per heavy atom. The quantitative estimate of drug-likeness (QED) is 0.256. The van der Waals surface area contributed by atoms with Gasteiger partial charge in [0.2, 0.25) is 23.8 Å². The van der Waals surface area contributed by atoms with Gasteiger partial charge in [0.1, 0.15) is 5.75 Å². The number of hydrazone groups is 1. The van der Waals surface area contributed by atoms with E-state index in [9.17, 15) is 4.79 Å². The van der Waals surface area contributed by atoms with E-state index in [1.807, 2.05) is 49.4 Å². The van der Waals surface area contributed by atoms with Crippen molar-refractivity contribution in [3.8, 4) is 17.2 Å². The minimum atomic E-state index is -0.109. The molecule has 3 N–H and O–H groups in total. The maximum atomic E-state index is 12.1. The first-order valence-electron chi connectivity index (χ1n) is 9.76. The minimum absolute atomic E-state index is 0.109. The second kappa shape index (κ2) is 10.1. The maximum absolute atomic E-state index is 12.1. The summed E-state index contributed by atoms with van der Waals surface area (Å²) in [6.07, 6.45) is 0. The number of thioether (sulfide) groups is 1. The molecule has 0 saturated heterocycles. The topological polar surface area (TPSA) is 123 Å². The van der Waals surface area contributed by atoms with Gasteiger partial charge in [0.15, 0.2) is 11.5 Å². The Labute approximate surface area is 188 Å². The first-order chi connectivity index (χ1) is 15.6. The van der Waals surface area contributed by atoms with E-state index in [-0.39, 0.29) is 18.5 Å². The predicted molar refractivity (Wildman–Crippen MR) is 120 cm³/mol. The van der Waals surface area contributed by atoms with Crippen molar-refractivity contribution in [1.29, 1.82) is 0 Å². The molecular formula is C21H22N6O4S. The fourth-order valence-corrected chi connectivity index (χ4v) is 3.44. The fraction of sp³-hybridized carbons (Fsp3) is 0.238. The maximum Gasteiger partial charge on any atom is 0.240 e. The van der Waals surface area contributed by atoms with Crippen LogP contribution in [0.4, 0.5) is 5.95 Å². The van der Waals surface area contributed by atoms with Crippen molar-refractivity contribution in [3.05, 3.63) is 53.6 Å². The predicted octanol–water partition coefficient (Wildman–Crippen LogP) is 2.79. The summed E-state index contributed by atoms with van der Waals surface area (Å²) in [6.45, 7) is 2.53. The molecule has 0 saturated carbocycles. The minimum Gasteiger partial charge on any atom is -0.497 e. The third-order valence-corrected chi connectivity index (χ3v) is 5.41. The highest BCUT2D eigenvalue weighted by atomic mass is 32.2. The van der Waals surface area contributed by atoms with Crippen LogP contribution in [0.3, 0.4) is 0 Å². The summed E-state index contributed by atoms with van der Waals surface area (Å²) >= 11 is 1.23. The van der Waals surface area contributed by atoms with Crippen LogP contribution in [0.2, 0.25) is 0 Å². The van der Waals surface area contributed by atoms with Gasteiger partial charge in [-0.15, -0.1) is 5.10 Å². The van der Waals surface area contributed by atoms with Gasteiger partial charge in [0.05, 0.1) is 18.6 Å². The van der Waals surface area contributed by atoms with Crippen molar-refractivity contribution in [3.63, 3.8) is 0 Å². The fourth-order valence-electron chi connectivity index (χ4n) is 2.81. The van der Waals surface area contributed by atoms with Crippen molar-refractivity contribution in [2.45, 2.75) is 18.6 Å². The van der Waals surface area contributed by atoms with Crippen molar-refractivity contribution < 1.29 is 19.0 Å². The SMILES string of the molecule is COc1ccc(CNC(=O)CSc2n[nH]c(N/N=C(/C)c3ccc4c(c3)OCO4)n2)cc1. The Hall–Kier alpha value is -3.73. The second-order valence-corrected chi connectivity index (χ2v) is 7.70. The molecule has 0 fully saturated rings. The Kier molecular flexibility index (Phi) is 6.75. The van der Waals surface area contributed by atoms with E-state index < -0.39 is 0 Å². The van der Waals surface area contributed by atoms with E-state index in [0.717, 1.165) is 28.3 Å². The lowest BCUT2D eigenvalue weighted by molar-refractivity contribution is -0.118. The van der Waals surface area contributed by atoms with E-state index in [0.29, 0.717) is 23.4 Å². The van der Waals surface area contributed by atoms with Gasteiger partial charge < -0.3 is 19.5 Å². The van der Waals surface area contributed by atoms with Gasteiger partial charge in [-0.25, -0.2) is 10.5 Å². The van der Waals surface area contributed by atoms with Gasteiger partial charge in [-0.05, 0) is 42.8 Å². The van der Waals surface area contributed by atoms with Gasteiger partial charge in [-0.2, -0.15) is 10.1 Å². The van der Waals surface area contributed by atoms with Gasteiger partial charge in [0.25, 0.3) is 0 Å². The molecular weight excluding hydrogens is 432 g/mol. The number of hydrogen-bond acceptors (Lipinski definition) is 9. The number of aromatic nitrogens is 3. The second-order valence-electron chi connectivity index (χ2n) is 6.76. The van der Waals surface area contributed by atoms with Crippen LogP contribution in [-0.2, 0) is 11.3 Å². The lowest BCUT2D eigenvalue weighted by Gasteiger charge is -2.05. The monoisotopic (exact) mass is 454 g/mol. The molecule has 32 heavy (non-hydrogen) atoms. The number of ether oxygens (including phenoxy) is 3. The average molecular weight is 455 g/mol. The highest BCUT2D eigenvalue weighted by molar-refractivity contribution is 7.99. The number of aromatic amines is 1. The Balaban J connectivity index is 1.23. The van der Waals surface area contributed by atoms with E-state index >= 15 is 0 Å². The Bertz CT molecular complexity index is 1120. The van der Waals surface area contributed by atoms with Gasteiger partial charge in [-0.3, -0.25) is 4.79 Å². The Morgan fingerprint density at radius 1 is 1.22 bits per heavy atom. The number of benzene rings is 2. The summed E-state index contributed by atoms with van der Waals surface area (Å²) in [5.41, 5.74) is 5.46. The molecule has 10 nitrogen and oxygen atoms in total. The summed E-state index contributed by atoms with van der Waals surface area (Å²) in [7, 11) is 1.62. The molecule has 2 aromatic carbocycles. The van der Waals surface area contributed by atoms with E-state index in [2.05, 4.69) is 31.0 Å². The number of hydrogen-bond donors (Lipinski definition) is 3. The van der Waals surface area contributed by atoms with Gasteiger partial charge in [-0.1, -0.05) is 23.9 Å². The first kappa shape index (κ1) is 21.5. The summed E-state index contributed by atoms with van der Waals surface area (Å²) < 4.78 is 15.8. The molecule has 0 unspecified atom stereocenters. The van der Waals surface area contributed by atoms with Crippen molar-refractivity contribution in [1.82, 2.24) is 20.5 Å². The molecule has 0 spiro atoms. The third-order valence-electron chi connectivity index (χ3n) is 4.57. The summed E-state index contributed by atoms with van der Waals surface area (Å²) in [5.74, 6) is 2.67. The number of H-pyrrole nitrogens is 1. The van der Waals surface area contributed by atoms with Crippen molar-refractivity contribution in [2.75, 3.05) is 25.1 Å². The summed E-state index contributed by atoms with van der Waals surface area (Å²) in [5, 5.41) is 14.5. The van der Waals surface area contributed by atoms with Crippen molar-refractivity contribution >= 4 is 29.3 Å². The standard InChI is InChI=1S/C21H22N6O4S/c1-13(15-5-8-17-18(9-15)31-12-30-17)24-25-20-23-21(27-26-20)32-11-19(28)22-10-14-3-6-16(29-2)7-4-14/h3-9H,10-12H2,1-2H3,(H,22,28)(H2,23,25,26,27)/b24-13-. The van der Waals surface area contributed by atoms with Gasteiger partial charge in [0, 0.05) is 12.1 Å². The van der Waals surface area contributed by atoms with E-state index in [1.165, 1.54) is 11.8 Å². The van der Waals surface area contributed by atoms with Crippen LogP contribution in [0.25, 0.3) is 0 Å². The van der Waals surface area contributed by atoms with Crippen LogP contribution in [0.15, 0.2) is 52.7 Å². The summed E-state index contributed by atoms with van der Waals surface area (Å²) in [4.78, 5) is 16.4. The molecule has 0 aliphatic carbocycles. The molecule has 2 heterocycles. The van der Waals surface area contributed by atoms with Crippen LogP contribution < -0.4 is 25.0 Å². The molecule has 1 aliphatic rings. The number of rotatable bonds is 9. The zero-order chi connectivity index (χ0) is 22.3. The van der Waals surface area contributed by atoms with Crippen LogP contribution in [-0.4, -0.2) is 46.5 Å². The van der Waals surface area contributed by atoms with Crippen LogP contribution in [0.1, 0.15) is 18.1 Å². The number of nitrogens with zero attached hydrogens (tertiary/aromatic N) is 3. The zero-order valence-corrected chi connectivity index (χ0v) is 18.4. The lowest BCUT2D eigenvalue weighted by Crippen LogP contribution is -2.24. The molecule has 11 heteroatoms. The lowest BCUT2D eigenvalue weighted by atomic mass is 10.1. The normalized spacial score (nSPS) is 12.5. The van der Waals surface area contributed by atoms with E-state index in [4.69, 9.17) is 14.2 Å². The highest BCUT2D eigenvalue weighted by Crippen LogP contribution is 2.32. The molecule has 0 bridgehead atoms. The third kappa shape index (κ3) is 5.49. The van der Waals surface area contributed by atoms with Crippen LogP contribution >= 0.6 is 11.8 Å². The van der Waals surface area contributed by atoms with Crippen LogP contribution in [0, 0.1) is 0 Å². The van der Waals surface area contributed by atoms with E-state index in [1.54, 1.807) is 7.11 Å². The molecule has 1 amide bonds. The molecule has 1 aliphatic heterocycles. The molecule has 166 valence electrons. The average Bonchev–Trinajstić information content (AvgIpc) is 3.49. The molecule has 0 atom stereocenters. The largest absolute Gasteiger partial charge is 0.497 e. The summed E-state index contributed by atoms with van der Waals surface area (Å²) in [6, 6.07) is 13.1. The van der Waals surface area contributed by atoms with Crippen LogP contribution in [0.5, 0.6) is 17.2 Å². The smallest absolute Gasteiger partial charge is 0.240 e. The highest BCUT2D eigenvalue weighted by Gasteiger charge is 2.14. The number of carbonyl (C=O) groups excluding carboxylic acids is 1. The molecule has 1 aromatic heterocycles. The van der Waals surface area contributed by atoms with Crippen molar-refractivity contribution in [2.24, 2.45) is 5.10 Å². The number of nitrogens with one attached hydrogen (secondary N) is 3. The Morgan fingerprint density at radius 2 is 2.03 bits per heavy atom. The number of amides is 1. The molecule has 4 rings (SSSR count). The zero-order valence-electron chi connectivity index (χ0n) is 17.5. The molecule has 0 radical (unpaired) electrons. The van der Waals surface area contributed by atoms with Gasteiger partial charge >= 0.3 is 0 Å². The first-order valence-corrected chi connectivity index (χ1v) is 10.7. The number of carbonyl (C=O) groups is 1. The number of fused-ring (bicyclic) bond motifs is 1. The number of anilines is 1.